The molecule has 2 N–H and O–H groups in total. The predicted molar refractivity (Wildman–Crippen MR) is 103 cm³/mol. The topological polar surface area (TPSA) is 64.1 Å². The lowest BCUT2D eigenvalue weighted by Gasteiger charge is -2.24. The van der Waals surface area contributed by atoms with Crippen molar-refractivity contribution in [2.75, 3.05) is 53.2 Å². The second kappa shape index (κ2) is 15.4. The summed E-state index contributed by atoms with van der Waals surface area (Å²) >= 11 is 0. The first-order valence-electron chi connectivity index (χ1n) is 10.0. The molecule has 0 aliphatic heterocycles. The zero-order chi connectivity index (χ0) is 18.2. The summed E-state index contributed by atoms with van der Waals surface area (Å²) in [5.74, 6) is 1.63. The summed E-state index contributed by atoms with van der Waals surface area (Å²) in [7, 11) is 1.69. The summed E-state index contributed by atoms with van der Waals surface area (Å²) in [5.41, 5.74) is 0. The Morgan fingerprint density at radius 3 is 2.60 bits per heavy atom. The van der Waals surface area contributed by atoms with Crippen LogP contribution in [0.2, 0.25) is 0 Å². The van der Waals surface area contributed by atoms with Crippen LogP contribution in [-0.4, -0.2) is 65.2 Å². The minimum atomic E-state index is 0.386. The Labute approximate surface area is 154 Å². The van der Waals surface area contributed by atoms with E-state index >= 15 is 0 Å². The Bertz CT molecular complexity index is 334. The average Bonchev–Trinajstić information content (AvgIpc) is 3.14. The lowest BCUT2D eigenvalue weighted by molar-refractivity contribution is 0.0169. The summed E-state index contributed by atoms with van der Waals surface area (Å²) in [4.78, 5) is 4.61. The van der Waals surface area contributed by atoms with E-state index in [0.29, 0.717) is 19.3 Å². The summed E-state index contributed by atoms with van der Waals surface area (Å²) in [6.45, 7) is 9.54. The molecule has 1 atom stereocenters. The molecule has 148 valence electrons. The molecule has 0 amide bonds. The quantitative estimate of drug-likeness (QED) is 0.284. The van der Waals surface area contributed by atoms with Crippen molar-refractivity contribution >= 4 is 5.96 Å². The third-order valence-electron chi connectivity index (χ3n) is 4.52. The van der Waals surface area contributed by atoms with Crippen molar-refractivity contribution in [3.8, 4) is 0 Å². The number of hydrogen-bond donors (Lipinski definition) is 2. The normalized spacial score (nSPS) is 17.0. The number of nitrogens with one attached hydrogen (secondary N) is 2. The van der Waals surface area contributed by atoms with Crippen LogP contribution >= 0.6 is 0 Å². The van der Waals surface area contributed by atoms with Crippen molar-refractivity contribution in [1.82, 2.24) is 10.6 Å². The van der Waals surface area contributed by atoms with Gasteiger partial charge in [-0.05, 0) is 45.4 Å². The fourth-order valence-corrected chi connectivity index (χ4v) is 3.27. The van der Waals surface area contributed by atoms with E-state index in [1.165, 1.54) is 25.7 Å². The molecule has 0 aromatic rings. The van der Waals surface area contributed by atoms with Gasteiger partial charge >= 0.3 is 0 Å². The highest BCUT2D eigenvalue weighted by Gasteiger charge is 2.24. The van der Waals surface area contributed by atoms with E-state index in [9.17, 15) is 0 Å². The maximum atomic E-state index is 5.99. The summed E-state index contributed by atoms with van der Waals surface area (Å²) in [6, 6.07) is 0. The van der Waals surface area contributed by atoms with Crippen molar-refractivity contribution in [3.05, 3.63) is 0 Å². The molecule has 0 aromatic heterocycles. The smallest absolute Gasteiger partial charge is 0.191 e. The second-order valence-electron chi connectivity index (χ2n) is 6.47. The van der Waals surface area contributed by atoms with Crippen molar-refractivity contribution in [2.24, 2.45) is 10.9 Å². The van der Waals surface area contributed by atoms with Crippen LogP contribution in [0.25, 0.3) is 0 Å². The highest BCUT2D eigenvalue weighted by molar-refractivity contribution is 5.79. The molecule has 0 spiro atoms. The first-order chi connectivity index (χ1) is 12.3. The van der Waals surface area contributed by atoms with E-state index in [-0.39, 0.29) is 0 Å². The zero-order valence-electron chi connectivity index (χ0n) is 16.5. The fourth-order valence-electron chi connectivity index (χ4n) is 3.27. The van der Waals surface area contributed by atoms with Gasteiger partial charge in [-0.2, -0.15) is 0 Å². The molecule has 1 aliphatic carbocycles. The van der Waals surface area contributed by atoms with Crippen LogP contribution in [0.4, 0.5) is 0 Å². The molecule has 1 fully saturated rings. The Morgan fingerprint density at radius 2 is 1.92 bits per heavy atom. The standard InChI is InChI=1S/C19H39N3O3/c1-4-20-19(21-12-8-14-24-16-15-23-3)22-13-11-18(25-5-2)17-9-6-7-10-17/h17-18H,4-16H2,1-3H3,(H2,20,21,22). The van der Waals surface area contributed by atoms with E-state index in [1.54, 1.807) is 7.11 Å². The Balaban J connectivity index is 2.24. The van der Waals surface area contributed by atoms with Crippen molar-refractivity contribution in [1.29, 1.82) is 0 Å². The van der Waals surface area contributed by atoms with Gasteiger partial charge in [-0.15, -0.1) is 0 Å². The Kier molecular flexibility index (Phi) is 13.7. The van der Waals surface area contributed by atoms with E-state index in [0.717, 1.165) is 57.6 Å². The summed E-state index contributed by atoms with van der Waals surface area (Å²) in [6.07, 6.45) is 7.71. The lowest BCUT2D eigenvalue weighted by Crippen LogP contribution is -2.39. The molecule has 0 radical (unpaired) electrons. The first-order valence-corrected chi connectivity index (χ1v) is 10.0. The molecule has 0 saturated heterocycles. The van der Waals surface area contributed by atoms with Crippen molar-refractivity contribution < 1.29 is 14.2 Å². The highest BCUT2D eigenvalue weighted by atomic mass is 16.5. The van der Waals surface area contributed by atoms with Gasteiger partial charge in [0, 0.05) is 40.0 Å². The Morgan fingerprint density at radius 1 is 1.12 bits per heavy atom. The summed E-state index contributed by atoms with van der Waals surface area (Å²) < 4.78 is 16.4. The van der Waals surface area contributed by atoms with E-state index < -0.39 is 0 Å². The maximum Gasteiger partial charge on any atom is 0.191 e. The first kappa shape index (κ1) is 22.2. The molecule has 6 heteroatoms. The van der Waals surface area contributed by atoms with E-state index in [4.69, 9.17) is 14.2 Å². The second-order valence-corrected chi connectivity index (χ2v) is 6.47. The van der Waals surface area contributed by atoms with Crippen LogP contribution in [0.5, 0.6) is 0 Å². The van der Waals surface area contributed by atoms with Crippen LogP contribution < -0.4 is 10.6 Å². The van der Waals surface area contributed by atoms with Crippen LogP contribution in [0.3, 0.4) is 0 Å². The maximum absolute atomic E-state index is 5.99. The van der Waals surface area contributed by atoms with E-state index in [2.05, 4.69) is 29.5 Å². The molecule has 1 aliphatic rings. The van der Waals surface area contributed by atoms with Gasteiger partial charge in [-0.1, -0.05) is 12.8 Å². The zero-order valence-corrected chi connectivity index (χ0v) is 16.5. The number of nitrogens with zero attached hydrogens (tertiary/aromatic N) is 1. The molecule has 0 heterocycles. The highest BCUT2D eigenvalue weighted by Crippen LogP contribution is 2.30. The van der Waals surface area contributed by atoms with Crippen molar-refractivity contribution in [3.63, 3.8) is 0 Å². The third kappa shape index (κ3) is 10.7. The van der Waals surface area contributed by atoms with Gasteiger partial charge in [0.05, 0.1) is 19.3 Å². The fraction of sp³-hybridized carbons (Fsp3) is 0.947. The number of ether oxygens (including phenoxy) is 3. The lowest BCUT2D eigenvalue weighted by atomic mass is 9.98. The van der Waals surface area contributed by atoms with Gasteiger partial charge in [0.25, 0.3) is 0 Å². The van der Waals surface area contributed by atoms with Crippen LogP contribution in [0.1, 0.15) is 52.4 Å². The largest absolute Gasteiger partial charge is 0.382 e. The van der Waals surface area contributed by atoms with Gasteiger partial charge in [0.2, 0.25) is 0 Å². The molecule has 1 saturated carbocycles. The SMILES string of the molecule is CCNC(=NCCCOCCOC)NCCC(OCC)C1CCCC1. The number of methoxy groups -OCH3 is 1. The molecular weight excluding hydrogens is 318 g/mol. The molecule has 25 heavy (non-hydrogen) atoms. The Hall–Kier alpha value is -0.850. The number of guanidine groups is 1. The number of hydrogen-bond acceptors (Lipinski definition) is 4. The van der Waals surface area contributed by atoms with Crippen LogP contribution in [0, 0.1) is 5.92 Å². The van der Waals surface area contributed by atoms with Gasteiger partial charge in [-0.3, -0.25) is 4.99 Å². The summed E-state index contributed by atoms with van der Waals surface area (Å²) in [5, 5.41) is 6.75. The van der Waals surface area contributed by atoms with Crippen LogP contribution in [-0.2, 0) is 14.2 Å². The number of rotatable bonds is 14. The number of aliphatic imine (C=N–C) groups is 1. The molecule has 6 nitrogen and oxygen atoms in total. The minimum absolute atomic E-state index is 0.386. The minimum Gasteiger partial charge on any atom is -0.382 e. The molecular formula is C19H39N3O3. The van der Waals surface area contributed by atoms with Gasteiger partial charge in [-0.25, -0.2) is 0 Å². The average molecular weight is 358 g/mol. The molecule has 1 rings (SSSR count). The van der Waals surface area contributed by atoms with Crippen LogP contribution in [0.15, 0.2) is 4.99 Å². The molecule has 0 aromatic carbocycles. The van der Waals surface area contributed by atoms with Gasteiger partial charge in [0.1, 0.15) is 0 Å². The van der Waals surface area contributed by atoms with Crippen molar-refractivity contribution in [2.45, 2.75) is 58.5 Å². The van der Waals surface area contributed by atoms with Gasteiger partial charge in [0.15, 0.2) is 5.96 Å². The van der Waals surface area contributed by atoms with E-state index in [1.807, 2.05) is 0 Å². The van der Waals surface area contributed by atoms with Gasteiger partial charge < -0.3 is 24.8 Å². The monoisotopic (exact) mass is 357 g/mol. The predicted octanol–water partition coefficient (Wildman–Crippen LogP) is 2.58. The molecule has 0 bridgehead atoms. The third-order valence-corrected chi connectivity index (χ3v) is 4.52. The molecule has 1 unspecified atom stereocenters.